The third-order valence-electron chi connectivity index (χ3n) is 3.17. The van der Waals surface area contributed by atoms with Gasteiger partial charge in [-0.3, -0.25) is 0 Å². The Morgan fingerprint density at radius 3 is 3.06 bits per heavy atom. The van der Waals surface area contributed by atoms with E-state index in [-0.39, 0.29) is 5.60 Å². The number of rotatable bonds is 5. The molecule has 1 atom stereocenters. The smallest absolute Gasteiger partial charge is 0.213 e. The number of nitrogens with two attached hydrogens (primary N) is 1. The van der Waals surface area contributed by atoms with E-state index in [0.717, 1.165) is 25.1 Å². The van der Waals surface area contributed by atoms with Gasteiger partial charge in [0.05, 0.1) is 26.0 Å². The molecule has 100 valence electrons. The van der Waals surface area contributed by atoms with E-state index in [1.807, 2.05) is 18.2 Å². The van der Waals surface area contributed by atoms with Crippen LogP contribution in [0.15, 0.2) is 18.2 Å². The van der Waals surface area contributed by atoms with Crippen LogP contribution < -0.4 is 10.5 Å². The standard InChI is InChI=1S/C13H20N2O3/c1-16-12-5-2-4-11(15-12)8-18-13(9-14)6-3-7-17-10-13/h2,4-5H,3,6-10,14H2,1H3. The van der Waals surface area contributed by atoms with Gasteiger partial charge in [0, 0.05) is 19.2 Å². The van der Waals surface area contributed by atoms with Crippen LogP contribution in [0.3, 0.4) is 0 Å². The second-order valence-corrected chi connectivity index (χ2v) is 4.50. The quantitative estimate of drug-likeness (QED) is 0.850. The number of hydrogen-bond donors (Lipinski definition) is 1. The molecule has 0 amide bonds. The van der Waals surface area contributed by atoms with E-state index in [2.05, 4.69) is 4.98 Å². The van der Waals surface area contributed by atoms with Gasteiger partial charge in [-0.1, -0.05) is 6.07 Å². The fraction of sp³-hybridized carbons (Fsp3) is 0.615. The van der Waals surface area contributed by atoms with Crippen molar-refractivity contribution in [2.45, 2.75) is 25.0 Å². The van der Waals surface area contributed by atoms with Crippen LogP contribution in [0, 0.1) is 0 Å². The molecule has 0 aliphatic carbocycles. The summed E-state index contributed by atoms with van der Waals surface area (Å²) in [4.78, 5) is 4.31. The van der Waals surface area contributed by atoms with Gasteiger partial charge < -0.3 is 19.9 Å². The molecule has 1 fully saturated rings. The zero-order valence-electron chi connectivity index (χ0n) is 10.7. The first-order valence-electron chi connectivity index (χ1n) is 6.20. The number of aromatic nitrogens is 1. The molecule has 2 heterocycles. The summed E-state index contributed by atoms with van der Waals surface area (Å²) in [7, 11) is 1.60. The van der Waals surface area contributed by atoms with Crippen LogP contribution in [-0.2, 0) is 16.1 Å². The highest BCUT2D eigenvalue weighted by molar-refractivity contribution is 5.15. The van der Waals surface area contributed by atoms with Crippen LogP contribution in [0.25, 0.3) is 0 Å². The minimum atomic E-state index is -0.358. The summed E-state index contributed by atoms with van der Waals surface area (Å²) in [6.07, 6.45) is 1.93. The van der Waals surface area contributed by atoms with Crippen LogP contribution in [0.2, 0.25) is 0 Å². The number of methoxy groups -OCH3 is 1. The molecule has 1 aromatic heterocycles. The van der Waals surface area contributed by atoms with Gasteiger partial charge >= 0.3 is 0 Å². The zero-order valence-corrected chi connectivity index (χ0v) is 10.7. The number of pyridine rings is 1. The number of hydrogen-bond acceptors (Lipinski definition) is 5. The van der Waals surface area contributed by atoms with Crippen molar-refractivity contribution in [1.29, 1.82) is 0 Å². The Balaban J connectivity index is 1.96. The Morgan fingerprint density at radius 1 is 1.50 bits per heavy atom. The monoisotopic (exact) mass is 252 g/mol. The van der Waals surface area contributed by atoms with E-state index in [9.17, 15) is 0 Å². The van der Waals surface area contributed by atoms with Gasteiger partial charge in [-0.15, -0.1) is 0 Å². The Hall–Kier alpha value is -1.17. The molecule has 0 saturated carbocycles. The molecule has 5 heteroatoms. The molecular weight excluding hydrogens is 232 g/mol. The van der Waals surface area contributed by atoms with Crippen molar-refractivity contribution in [3.8, 4) is 5.88 Å². The topological polar surface area (TPSA) is 66.6 Å². The van der Waals surface area contributed by atoms with Crippen LogP contribution >= 0.6 is 0 Å². The molecule has 0 radical (unpaired) electrons. The van der Waals surface area contributed by atoms with Crippen LogP contribution in [0.4, 0.5) is 0 Å². The maximum absolute atomic E-state index is 5.94. The Kier molecular flexibility index (Phi) is 4.52. The Morgan fingerprint density at radius 2 is 2.39 bits per heavy atom. The molecule has 2 N–H and O–H groups in total. The van der Waals surface area contributed by atoms with E-state index in [1.54, 1.807) is 7.11 Å². The van der Waals surface area contributed by atoms with Crippen molar-refractivity contribution in [3.05, 3.63) is 23.9 Å². The molecule has 0 bridgehead atoms. The van der Waals surface area contributed by atoms with Crippen molar-refractivity contribution >= 4 is 0 Å². The summed E-state index contributed by atoms with van der Waals surface area (Å²) in [5, 5.41) is 0. The molecule has 1 aliphatic heterocycles. The second-order valence-electron chi connectivity index (χ2n) is 4.50. The predicted octanol–water partition coefficient (Wildman–Crippen LogP) is 1.11. The lowest BCUT2D eigenvalue weighted by Gasteiger charge is -2.35. The Labute approximate surface area is 107 Å². The third-order valence-corrected chi connectivity index (χ3v) is 3.17. The average molecular weight is 252 g/mol. The van der Waals surface area contributed by atoms with Gasteiger partial charge in [0.2, 0.25) is 5.88 Å². The molecule has 0 spiro atoms. The summed E-state index contributed by atoms with van der Waals surface area (Å²) in [6.45, 7) is 2.25. The predicted molar refractivity (Wildman–Crippen MR) is 67.4 cm³/mol. The van der Waals surface area contributed by atoms with Gasteiger partial charge in [-0.2, -0.15) is 0 Å². The lowest BCUT2D eigenvalue weighted by molar-refractivity contribution is -0.130. The molecule has 18 heavy (non-hydrogen) atoms. The minimum Gasteiger partial charge on any atom is -0.481 e. The van der Waals surface area contributed by atoms with E-state index in [1.165, 1.54) is 0 Å². The van der Waals surface area contributed by atoms with Crippen molar-refractivity contribution in [3.63, 3.8) is 0 Å². The van der Waals surface area contributed by atoms with Crippen LogP contribution in [0.1, 0.15) is 18.5 Å². The fourth-order valence-corrected chi connectivity index (χ4v) is 2.04. The van der Waals surface area contributed by atoms with Gasteiger partial charge in [0.25, 0.3) is 0 Å². The number of ether oxygens (including phenoxy) is 3. The minimum absolute atomic E-state index is 0.358. The largest absolute Gasteiger partial charge is 0.481 e. The maximum atomic E-state index is 5.94. The van der Waals surface area contributed by atoms with Gasteiger partial charge in [-0.25, -0.2) is 4.98 Å². The molecule has 2 rings (SSSR count). The first-order valence-corrected chi connectivity index (χ1v) is 6.20. The highest BCUT2D eigenvalue weighted by Crippen LogP contribution is 2.23. The van der Waals surface area contributed by atoms with Crippen LogP contribution in [-0.4, -0.2) is 37.5 Å². The first kappa shape index (κ1) is 13.3. The van der Waals surface area contributed by atoms with Crippen molar-refractivity contribution in [2.24, 2.45) is 5.73 Å². The lowest BCUT2D eigenvalue weighted by atomic mass is 9.96. The molecule has 5 nitrogen and oxygen atoms in total. The molecule has 0 aromatic carbocycles. The van der Waals surface area contributed by atoms with Gasteiger partial charge in [0.15, 0.2) is 0 Å². The summed E-state index contributed by atoms with van der Waals surface area (Å²) in [5.74, 6) is 0.595. The van der Waals surface area contributed by atoms with Gasteiger partial charge in [-0.05, 0) is 18.9 Å². The third kappa shape index (κ3) is 3.19. The van der Waals surface area contributed by atoms with Crippen LogP contribution in [0.5, 0.6) is 5.88 Å². The lowest BCUT2D eigenvalue weighted by Crippen LogP contribution is -2.47. The summed E-state index contributed by atoms with van der Waals surface area (Å²) >= 11 is 0. The van der Waals surface area contributed by atoms with Crippen molar-refractivity contribution in [2.75, 3.05) is 26.9 Å². The van der Waals surface area contributed by atoms with Gasteiger partial charge in [0.1, 0.15) is 5.60 Å². The SMILES string of the molecule is COc1cccc(COC2(CN)CCCOC2)n1. The summed E-state index contributed by atoms with van der Waals surface area (Å²) in [5.41, 5.74) is 6.29. The number of nitrogens with zero attached hydrogens (tertiary/aromatic N) is 1. The molecular formula is C13H20N2O3. The zero-order chi connectivity index (χ0) is 12.8. The van der Waals surface area contributed by atoms with E-state index in [4.69, 9.17) is 19.9 Å². The fourth-order valence-electron chi connectivity index (χ4n) is 2.04. The van der Waals surface area contributed by atoms with E-state index in [0.29, 0.717) is 25.6 Å². The highest BCUT2D eigenvalue weighted by atomic mass is 16.5. The van der Waals surface area contributed by atoms with E-state index >= 15 is 0 Å². The maximum Gasteiger partial charge on any atom is 0.213 e. The van der Waals surface area contributed by atoms with Crippen molar-refractivity contribution in [1.82, 2.24) is 4.98 Å². The summed E-state index contributed by atoms with van der Waals surface area (Å²) < 4.78 is 16.5. The summed E-state index contributed by atoms with van der Waals surface area (Å²) in [6, 6.07) is 5.62. The second kappa shape index (κ2) is 6.13. The molecule has 1 unspecified atom stereocenters. The first-order chi connectivity index (χ1) is 8.78. The highest BCUT2D eigenvalue weighted by Gasteiger charge is 2.32. The average Bonchev–Trinajstić information content (AvgIpc) is 2.46. The van der Waals surface area contributed by atoms with E-state index < -0.39 is 0 Å². The molecule has 1 saturated heterocycles. The Bertz CT molecular complexity index is 378. The normalized spacial score (nSPS) is 23.9. The van der Waals surface area contributed by atoms with Crippen molar-refractivity contribution < 1.29 is 14.2 Å². The molecule has 1 aliphatic rings. The molecule has 1 aromatic rings.